The van der Waals surface area contributed by atoms with Crippen LogP contribution in [0.2, 0.25) is 0 Å². The molecule has 0 saturated carbocycles. The van der Waals surface area contributed by atoms with Crippen LogP contribution in [-0.4, -0.2) is 24.0 Å². The number of aromatic nitrogens is 1. The third kappa shape index (κ3) is 6.55. The lowest BCUT2D eigenvalue weighted by atomic mass is 10.2. The fourth-order valence-electron chi connectivity index (χ4n) is 2.43. The summed E-state index contributed by atoms with van der Waals surface area (Å²) >= 11 is 1.61. The van der Waals surface area contributed by atoms with Gasteiger partial charge in [0.25, 0.3) is 0 Å². The summed E-state index contributed by atoms with van der Waals surface area (Å²) in [4.78, 5) is 16.3. The maximum atomic E-state index is 11.9. The predicted molar refractivity (Wildman–Crippen MR) is 112 cm³/mol. The van der Waals surface area contributed by atoms with Crippen molar-refractivity contribution < 1.29 is 14.3 Å². The van der Waals surface area contributed by atoms with E-state index < -0.39 is 0 Å². The second kappa shape index (κ2) is 10.3. The van der Waals surface area contributed by atoms with Crippen molar-refractivity contribution in [3.8, 4) is 11.5 Å². The van der Waals surface area contributed by atoms with Gasteiger partial charge in [-0.15, -0.1) is 11.3 Å². The van der Waals surface area contributed by atoms with E-state index in [0.29, 0.717) is 19.8 Å². The van der Waals surface area contributed by atoms with E-state index in [-0.39, 0.29) is 5.91 Å². The lowest BCUT2D eigenvalue weighted by Gasteiger charge is -2.06. The van der Waals surface area contributed by atoms with Crippen molar-refractivity contribution in [2.24, 2.45) is 0 Å². The first kappa shape index (κ1) is 19.6. The highest BCUT2D eigenvalue weighted by Gasteiger charge is 2.01. The Balaban J connectivity index is 1.42. The molecule has 0 aliphatic heterocycles. The molecule has 3 rings (SSSR count). The van der Waals surface area contributed by atoms with Crippen molar-refractivity contribution in [1.82, 2.24) is 10.3 Å². The minimum atomic E-state index is -0.166. The summed E-state index contributed by atoms with van der Waals surface area (Å²) in [5, 5.41) is 5.81. The number of nitrogens with zero attached hydrogens (tertiary/aromatic N) is 1. The van der Waals surface area contributed by atoms with Crippen molar-refractivity contribution in [2.45, 2.75) is 13.5 Å². The maximum absolute atomic E-state index is 11.9. The molecule has 3 aromatic rings. The van der Waals surface area contributed by atoms with E-state index in [1.165, 1.54) is 6.08 Å². The Kier molecular flexibility index (Phi) is 7.21. The third-order valence-corrected chi connectivity index (χ3v) is 4.57. The number of ether oxygens (including phenoxy) is 2. The first-order valence-electron chi connectivity index (χ1n) is 8.97. The SMILES string of the molecule is Cc1nc(COc2cccc(/C=C/C(=O)NCCOc3ccccc3)c2)cs1. The molecule has 0 radical (unpaired) electrons. The number of rotatable bonds is 9. The Morgan fingerprint density at radius 3 is 2.71 bits per heavy atom. The van der Waals surface area contributed by atoms with Gasteiger partial charge in [0, 0.05) is 11.5 Å². The number of benzene rings is 2. The van der Waals surface area contributed by atoms with Gasteiger partial charge in [0.15, 0.2) is 0 Å². The summed E-state index contributed by atoms with van der Waals surface area (Å²) in [6.45, 7) is 3.26. The Labute approximate surface area is 168 Å². The van der Waals surface area contributed by atoms with Crippen molar-refractivity contribution in [2.75, 3.05) is 13.2 Å². The lowest BCUT2D eigenvalue weighted by Crippen LogP contribution is -2.26. The summed E-state index contributed by atoms with van der Waals surface area (Å²) in [5.74, 6) is 1.36. The fourth-order valence-corrected chi connectivity index (χ4v) is 3.03. The number of hydrogen-bond acceptors (Lipinski definition) is 5. The van der Waals surface area contributed by atoms with Gasteiger partial charge in [-0.1, -0.05) is 30.3 Å². The van der Waals surface area contributed by atoms with Crippen LogP contribution in [0, 0.1) is 6.92 Å². The van der Waals surface area contributed by atoms with Crippen molar-refractivity contribution in [1.29, 1.82) is 0 Å². The van der Waals surface area contributed by atoms with Crippen LogP contribution in [-0.2, 0) is 11.4 Å². The van der Waals surface area contributed by atoms with E-state index in [1.54, 1.807) is 17.4 Å². The highest BCUT2D eigenvalue weighted by atomic mass is 32.1. The van der Waals surface area contributed by atoms with Gasteiger partial charge < -0.3 is 14.8 Å². The first-order chi connectivity index (χ1) is 13.7. The topological polar surface area (TPSA) is 60.5 Å². The van der Waals surface area contributed by atoms with Crippen LogP contribution in [0.4, 0.5) is 0 Å². The molecule has 5 nitrogen and oxygen atoms in total. The molecule has 2 aromatic carbocycles. The number of para-hydroxylation sites is 1. The van der Waals surface area contributed by atoms with Crippen LogP contribution in [0.3, 0.4) is 0 Å². The van der Waals surface area contributed by atoms with E-state index in [9.17, 15) is 4.79 Å². The summed E-state index contributed by atoms with van der Waals surface area (Å²) in [7, 11) is 0. The molecular weight excluding hydrogens is 372 g/mol. The van der Waals surface area contributed by atoms with Crippen LogP contribution in [0.15, 0.2) is 66.1 Å². The van der Waals surface area contributed by atoms with Gasteiger partial charge in [-0.25, -0.2) is 4.98 Å². The third-order valence-electron chi connectivity index (χ3n) is 3.75. The van der Waals surface area contributed by atoms with Crippen LogP contribution in [0.25, 0.3) is 6.08 Å². The summed E-state index contributed by atoms with van der Waals surface area (Å²) in [5.41, 5.74) is 1.81. The van der Waals surface area contributed by atoms with Crippen LogP contribution >= 0.6 is 11.3 Å². The van der Waals surface area contributed by atoms with Crippen molar-refractivity contribution in [3.05, 3.63) is 82.3 Å². The Morgan fingerprint density at radius 1 is 1.11 bits per heavy atom. The summed E-state index contributed by atoms with van der Waals surface area (Å²) in [6.07, 6.45) is 3.26. The minimum absolute atomic E-state index is 0.166. The number of amides is 1. The molecule has 0 unspecified atom stereocenters. The quantitative estimate of drug-likeness (QED) is 0.436. The fraction of sp³-hybridized carbons (Fsp3) is 0.182. The van der Waals surface area contributed by atoms with Gasteiger partial charge in [-0.3, -0.25) is 4.79 Å². The molecule has 6 heteroatoms. The molecule has 1 heterocycles. The first-order valence-corrected chi connectivity index (χ1v) is 9.84. The normalized spacial score (nSPS) is 10.8. The summed E-state index contributed by atoms with van der Waals surface area (Å²) in [6, 6.07) is 17.1. The van der Waals surface area contributed by atoms with E-state index in [2.05, 4.69) is 10.3 Å². The number of thiazole rings is 1. The van der Waals surface area contributed by atoms with Crippen molar-refractivity contribution in [3.63, 3.8) is 0 Å². The zero-order valence-corrected chi connectivity index (χ0v) is 16.4. The monoisotopic (exact) mass is 394 g/mol. The van der Waals surface area contributed by atoms with E-state index in [1.807, 2.05) is 66.9 Å². The number of carbonyl (C=O) groups is 1. The molecule has 0 saturated heterocycles. The molecule has 1 N–H and O–H groups in total. The highest BCUT2D eigenvalue weighted by Crippen LogP contribution is 2.17. The molecule has 1 aromatic heterocycles. The zero-order chi connectivity index (χ0) is 19.6. The molecule has 0 bridgehead atoms. The average Bonchev–Trinajstić information content (AvgIpc) is 3.14. The largest absolute Gasteiger partial charge is 0.492 e. The number of hydrogen-bond donors (Lipinski definition) is 1. The van der Waals surface area contributed by atoms with E-state index >= 15 is 0 Å². The molecule has 0 spiro atoms. The molecule has 0 aliphatic rings. The molecule has 0 aliphatic carbocycles. The van der Waals surface area contributed by atoms with Crippen LogP contribution < -0.4 is 14.8 Å². The smallest absolute Gasteiger partial charge is 0.244 e. The second-order valence-corrected chi connectivity index (χ2v) is 7.07. The summed E-state index contributed by atoms with van der Waals surface area (Å²) < 4.78 is 11.3. The Hall–Kier alpha value is -3.12. The standard InChI is InChI=1S/C22H22N2O3S/c1-17-24-19(16-28-17)15-27-21-9-5-6-18(14-21)10-11-22(25)23-12-13-26-20-7-3-2-4-8-20/h2-11,14,16H,12-13,15H2,1H3,(H,23,25)/b11-10+. The average molecular weight is 394 g/mol. The number of aryl methyl sites for hydroxylation is 1. The Morgan fingerprint density at radius 2 is 1.93 bits per heavy atom. The zero-order valence-electron chi connectivity index (χ0n) is 15.6. The van der Waals surface area contributed by atoms with Gasteiger partial charge in [0.1, 0.15) is 24.7 Å². The van der Waals surface area contributed by atoms with Gasteiger partial charge in [-0.2, -0.15) is 0 Å². The van der Waals surface area contributed by atoms with Crippen molar-refractivity contribution >= 4 is 23.3 Å². The van der Waals surface area contributed by atoms with Gasteiger partial charge >= 0.3 is 0 Å². The minimum Gasteiger partial charge on any atom is -0.492 e. The molecule has 28 heavy (non-hydrogen) atoms. The highest BCUT2D eigenvalue weighted by molar-refractivity contribution is 7.09. The molecule has 0 fully saturated rings. The maximum Gasteiger partial charge on any atom is 0.244 e. The molecule has 0 atom stereocenters. The van der Waals surface area contributed by atoms with Crippen LogP contribution in [0.1, 0.15) is 16.3 Å². The predicted octanol–water partition coefficient (Wildman–Crippen LogP) is 4.24. The lowest BCUT2D eigenvalue weighted by molar-refractivity contribution is -0.116. The van der Waals surface area contributed by atoms with Gasteiger partial charge in [0.2, 0.25) is 5.91 Å². The molecule has 144 valence electrons. The Bertz CT molecular complexity index is 922. The van der Waals surface area contributed by atoms with Crippen LogP contribution in [0.5, 0.6) is 11.5 Å². The van der Waals surface area contributed by atoms with E-state index in [0.717, 1.165) is 27.8 Å². The second-order valence-electron chi connectivity index (χ2n) is 6.00. The van der Waals surface area contributed by atoms with Gasteiger partial charge in [-0.05, 0) is 42.8 Å². The molecule has 1 amide bonds. The number of nitrogens with one attached hydrogen (secondary N) is 1. The molecular formula is C22H22N2O3S. The van der Waals surface area contributed by atoms with E-state index in [4.69, 9.17) is 9.47 Å². The number of carbonyl (C=O) groups excluding carboxylic acids is 1. The van der Waals surface area contributed by atoms with Gasteiger partial charge in [0.05, 0.1) is 17.2 Å².